The van der Waals surface area contributed by atoms with Gasteiger partial charge in [0.05, 0.1) is 12.7 Å². The van der Waals surface area contributed by atoms with Gasteiger partial charge in [-0.15, -0.1) is 0 Å². The van der Waals surface area contributed by atoms with Gasteiger partial charge in [-0.05, 0) is 43.9 Å². The summed E-state index contributed by atoms with van der Waals surface area (Å²) in [6, 6.07) is 3.60. The zero-order valence-electron chi connectivity index (χ0n) is 15.6. The van der Waals surface area contributed by atoms with E-state index in [1.165, 1.54) is 18.5 Å². The Hall–Kier alpha value is -2.70. The fraction of sp³-hybridized carbons (Fsp3) is 0.500. The van der Waals surface area contributed by atoms with Crippen LogP contribution in [0, 0.1) is 0 Å². The van der Waals surface area contributed by atoms with Crippen molar-refractivity contribution in [3.05, 3.63) is 36.4 Å². The number of carbonyl (C=O) groups is 2. The van der Waals surface area contributed by atoms with Crippen molar-refractivity contribution in [1.29, 1.82) is 0 Å². The molecule has 1 aliphatic carbocycles. The summed E-state index contributed by atoms with van der Waals surface area (Å²) in [4.78, 5) is 29.9. The highest BCUT2D eigenvalue weighted by Gasteiger charge is 2.31. The Morgan fingerprint density at radius 1 is 1.33 bits per heavy atom. The third kappa shape index (κ3) is 3.72. The molecule has 27 heavy (non-hydrogen) atoms. The Morgan fingerprint density at radius 2 is 2.11 bits per heavy atom. The third-order valence-electron chi connectivity index (χ3n) is 5.42. The van der Waals surface area contributed by atoms with Crippen LogP contribution in [0.25, 0.3) is 11.1 Å². The molecule has 2 amide bonds. The summed E-state index contributed by atoms with van der Waals surface area (Å²) in [7, 11) is 0. The van der Waals surface area contributed by atoms with Crippen molar-refractivity contribution in [2.45, 2.75) is 51.1 Å². The first-order valence-electron chi connectivity index (χ1n) is 9.68. The summed E-state index contributed by atoms with van der Waals surface area (Å²) >= 11 is 0. The van der Waals surface area contributed by atoms with Crippen molar-refractivity contribution in [1.82, 2.24) is 25.0 Å². The molecule has 3 heterocycles. The maximum atomic E-state index is 12.4. The number of likely N-dealkylation sites (tertiary alicyclic amines) is 1. The highest BCUT2D eigenvalue weighted by molar-refractivity contribution is 5.88. The monoisotopic (exact) mass is 367 g/mol. The van der Waals surface area contributed by atoms with Crippen LogP contribution in [0.4, 0.5) is 0 Å². The first-order valence-corrected chi connectivity index (χ1v) is 9.68. The van der Waals surface area contributed by atoms with E-state index in [2.05, 4.69) is 15.4 Å². The quantitative estimate of drug-likeness (QED) is 0.811. The van der Waals surface area contributed by atoms with E-state index in [4.69, 9.17) is 0 Å². The predicted molar refractivity (Wildman–Crippen MR) is 101 cm³/mol. The lowest BCUT2D eigenvalue weighted by Crippen LogP contribution is -2.46. The molecule has 0 radical (unpaired) electrons. The standard InChI is InChI=1S/C20H25N5O2/c1-14(24-11-2-3-18(24)26)20(27)22-10-12-25-19(16-4-5-16)17(13-23-25)15-6-8-21-9-7-15/h6-9,13-14,16H,2-5,10-12H2,1H3,(H,22,27). The second kappa shape index (κ2) is 7.50. The molecule has 1 saturated carbocycles. The van der Waals surface area contributed by atoms with Crippen molar-refractivity contribution in [3.63, 3.8) is 0 Å². The van der Waals surface area contributed by atoms with Crippen LogP contribution in [-0.4, -0.2) is 50.6 Å². The van der Waals surface area contributed by atoms with E-state index in [9.17, 15) is 9.59 Å². The molecular weight excluding hydrogens is 342 g/mol. The van der Waals surface area contributed by atoms with E-state index in [1.54, 1.807) is 24.2 Å². The first kappa shape index (κ1) is 17.7. The summed E-state index contributed by atoms with van der Waals surface area (Å²) in [6.45, 7) is 3.60. The highest BCUT2D eigenvalue weighted by atomic mass is 16.2. The third-order valence-corrected chi connectivity index (χ3v) is 5.42. The predicted octanol–water partition coefficient (Wildman–Crippen LogP) is 1.95. The van der Waals surface area contributed by atoms with E-state index < -0.39 is 6.04 Å². The Bertz CT molecular complexity index is 828. The molecule has 1 atom stereocenters. The van der Waals surface area contributed by atoms with Crippen LogP contribution in [-0.2, 0) is 16.1 Å². The van der Waals surface area contributed by atoms with Gasteiger partial charge in [0.25, 0.3) is 0 Å². The number of amides is 2. The van der Waals surface area contributed by atoms with Gasteiger partial charge in [0.15, 0.2) is 0 Å². The zero-order chi connectivity index (χ0) is 18.8. The number of nitrogens with zero attached hydrogens (tertiary/aromatic N) is 4. The van der Waals surface area contributed by atoms with Crippen LogP contribution in [0.2, 0.25) is 0 Å². The smallest absolute Gasteiger partial charge is 0.242 e. The van der Waals surface area contributed by atoms with Gasteiger partial charge >= 0.3 is 0 Å². The lowest BCUT2D eigenvalue weighted by molar-refractivity contribution is -0.136. The first-order chi connectivity index (χ1) is 13.1. The Morgan fingerprint density at radius 3 is 2.78 bits per heavy atom. The van der Waals surface area contributed by atoms with Crippen LogP contribution in [0.15, 0.2) is 30.7 Å². The lowest BCUT2D eigenvalue weighted by Gasteiger charge is -2.23. The van der Waals surface area contributed by atoms with Gasteiger partial charge in [-0.3, -0.25) is 19.3 Å². The molecule has 142 valence electrons. The van der Waals surface area contributed by atoms with Gasteiger partial charge < -0.3 is 10.2 Å². The topological polar surface area (TPSA) is 80.1 Å². The van der Waals surface area contributed by atoms with Crippen LogP contribution in [0.5, 0.6) is 0 Å². The van der Waals surface area contributed by atoms with E-state index >= 15 is 0 Å². The molecule has 2 aromatic heterocycles. The minimum atomic E-state index is -0.409. The summed E-state index contributed by atoms with van der Waals surface area (Å²) < 4.78 is 2.01. The van der Waals surface area contributed by atoms with Gasteiger partial charge in [-0.1, -0.05) is 0 Å². The average molecular weight is 367 g/mol. The molecule has 2 fully saturated rings. The average Bonchev–Trinajstić information content (AvgIpc) is 3.30. The van der Waals surface area contributed by atoms with Gasteiger partial charge in [-0.2, -0.15) is 5.10 Å². The van der Waals surface area contributed by atoms with Crippen LogP contribution in [0.3, 0.4) is 0 Å². The molecule has 1 N–H and O–H groups in total. The molecular formula is C20H25N5O2. The van der Waals surface area contributed by atoms with Gasteiger partial charge in [0.2, 0.25) is 11.8 Å². The molecule has 2 aliphatic rings. The van der Waals surface area contributed by atoms with Gasteiger partial charge in [0.1, 0.15) is 6.04 Å². The zero-order valence-corrected chi connectivity index (χ0v) is 15.6. The Labute approximate surface area is 158 Å². The van der Waals surface area contributed by atoms with Crippen LogP contribution in [0.1, 0.15) is 44.2 Å². The summed E-state index contributed by atoms with van der Waals surface area (Å²) in [5.41, 5.74) is 3.53. The maximum Gasteiger partial charge on any atom is 0.242 e. The van der Waals surface area contributed by atoms with E-state index in [0.29, 0.717) is 32.0 Å². The number of carbonyl (C=O) groups excluding carboxylic acids is 2. The fourth-order valence-corrected chi connectivity index (χ4v) is 3.77. The Kier molecular flexibility index (Phi) is 4.92. The second-order valence-corrected chi connectivity index (χ2v) is 7.33. The number of rotatable bonds is 7. The molecule has 0 bridgehead atoms. The van der Waals surface area contributed by atoms with Crippen LogP contribution >= 0.6 is 0 Å². The molecule has 4 rings (SSSR count). The minimum Gasteiger partial charge on any atom is -0.352 e. The second-order valence-electron chi connectivity index (χ2n) is 7.33. The molecule has 1 aliphatic heterocycles. The number of aromatic nitrogens is 3. The van der Waals surface area contributed by atoms with Crippen molar-refractivity contribution in [3.8, 4) is 11.1 Å². The van der Waals surface area contributed by atoms with E-state index in [-0.39, 0.29) is 11.8 Å². The SMILES string of the molecule is CC(C(=O)NCCn1ncc(-c2ccncc2)c1C1CC1)N1CCCC1=O. The van der Waals surface area contributed by atoms with E-state index in [1.807, 2.05) is 23.0 Å². The minimum absolute atomic E-state index is 0.0720. The molecule has 2 aromatic rings. The van der Waals surface area contributed by atoms with Crippen molar-refractivity contribution in [2.75, 3.05) is 13.1 Å². The van der Waals surface area contributed by atoms with Gasteiger partial charge in [0, 0.05) is 49.1 Å². The Balaban J connectivity index is 1.39. The van der Waals surface area contributed by atoms with Gasteiger partial charge in [-0.25, -0.2) is 0 Å². The summed E-state index contributed by atoms with van der Waals surface area (Å²) in [5, 5.41) is 7.53. The number of nitrogens with one attached hydrogen (secondary N) is 1. The number of hydrogen-bond donors (Lipinski definition) is 1. The lowest BCUT2D eigenvalue weighted by atomic mass is 10.1. The molecule has 7 nitrogen and oxygen atoms in total. The van der Waals surface area contributed by atoms with Crippen LogP contribution < -0.4 is 5.32 Å². The van der Waals surface area contributed by atoms with Crippen molar-refractivity contribution >= 4 is 11.8 Å². The number of hydrogen-bond acceptors (Lipinski definition) is 4. The molecule has 1 unspecified atom stereocenters. The highest BCUT2D eigenvalue weighted by Crippen LogP contribution is 2.44. The summed E-state index contributed by atoms with van der Waals surface area (Å²) in [5.74, 6) is 0.523. The largest absolute Gasteiger partial charge is 0.352 e. The van der Waals surface area contributed by atoms with Crippen molar-refractivity contribution < 1.29 is 9.59 Å². The fourth-order valence-electron chi connectivity index (χ4n) is 3.77. The summed E-state index contributed by atoms with van der Waals surface area (Å²) in [6.07, 6.45) is 9.26. The maximum absolute atomic E-state index is 12.4. The molecule has 0 aromatic carbocycles. The normalized spacial score (nSPS) is 18.0. The molecule has 1 saturated heterocycles. The van der Waals surface area contributed by atoms with Crippen molar-refractivity contribution in [2.24, 2.45) is 0 Å². The van der Waals surface area contributed by atoms with E-state index in [0.717, 1.165) is 17.5 Å². The molecule has 7 heteroatoms. The number of pyridine rings is 1. The molecule has 0 spiro atoms.